The second-order valence-corrected chi connectivity index (χ2v) is 5.79. The van der Waals surface area contributed by atoms with Gasteiger partial charge in [0.2, 0.25) is 0 Å². The van der Waals surface area contributed by atoms with Gasteiger partial charge in [0.05, 0.1) is 5.02 Å². The highest BCUT2D eigenvalue weighted by Crippen LogP contribution is 2.37. The second kappa shape index (κ2) is 7.92. The van der Waals surface area contributed by atoms with Crippen LogP contribution in [0.4, 0.5) is 0 Å². The first-order chi connectivity index (χ1) is 9.80. The Morgan fingerprint density at radius 3 is 2.57 bits per heavy atom. The van der Waals surface area contributed by atoms with E-state index < -0.39 is 22.5 Å². The fourth-order valence-corrected chi connectivity index (χ4v) is 2.69. The van der Waals surface area contributed by atoms with Gasteiger partial charge in [-0.3, -0.25) is 4.18 Å². The lowest BCUT2D eigenvalue weighted by Crippen LogP contribution is -2.30. The van der Waals surface area contributed by atoms with Crippen molar-refractivity contribution >= 4 is 21.9 Å². The van der Waals surface area contributed by atoms with Crippen molar-refractivity contribution in [2.45, 2.75) is 25.6 Å². The molecule has 0 bridgehead atoms. The summed E-state index contributed by atoms with van der Waals surface area (Å²) >= 11 is 6.06. The van der Waals surface area contributed by atoms with Crippen LogP contribution in [0, 0.1) is 0 Å². The van der Waals surface area contributed by atoms with Crippen LogP contribution in [0.5, 0.6) is 5.75 Å². The first-order valence-corrected chi connectivity index (χ1v) is 7.94. The van der Waals surface area contributed by atoms with Crippen LogP contribution in [0.15, 0.2) is 18.2 Å². The Morgan fingerprint density at radius 1 is 1.43 bits per heavy atom. The van der Waals surface area contributed by atoms with E-state index in [-0.39, 0.29) is 29.5 Å². The quantitative estimate of drug-likeness (QED) is 0.698. The molecule has 2 unspecified atom stereocenters. The summed E-state index contributed by atoms with van der Waals surface area (Å²) in [6.07, 6.45) is -1.65. The SMILES string of the molecule is CCC(OS(N)(=O)=O)C(OCOC)c1c(O)cccc1Cl. The number of rotatable bonds is 8. The highest BCUT2D eigenvalue weighted by atomic mass is 35.5. The van der Waals surface area contributed by atoms with E-state index in [0.29, 0.717) is 0 Å². The maximum Gasteiger partial charge on any atom is 0.333 e. The first kappa shape index (κ1) is 18.1. The number of nitrogens with two attached hydrogens (primary N) is 1. The Hall–Kier alpha value is -0.900. The fraction of sp³-hybridized carbons (Fsp3) is 0.500. The van der Waals surface area contributed by atoms with Crippen LogP contribution in [0.3, 0.4) is 0 Å². The summed E-state index contributed by atoms with van der Waals surface area (Å²) < 4.78 is 37.4. The van der Waals surface area contributed by atoms with Gasteiger partial charge in [-0.15, -0.1) is 0 Å². The average molecular weight is 340 g/mol. The summed E-state index contributed by atoms with van der Waals surface area (Å²) in [5.74, 6) is -0.139. The van der Waals surface area contributed by atoms with E-state index in [0.717, 1.165) is 0 Å². The molecule has 21 heavy (non-hydrogen) atoms. The minimum atomic E-state index is -4.18. The number of methoxy groups -OCH3 is 1. The third-order valence-electron chi connectivity index (χ3n) is 2.68. The van der Waals surface area contributed by atoms with Gasteiger partial charge in [-0.05, 0) is 18.6 Å². The first-order valence-electron chi connectivity index (χ1n) is 6.09. The van der Waals surface area contributed by atoms with Crippen LogP contribution in [0.2, 0.25) is 5.02 Å². The van der Waals surface area contributed by atoms with Crippen molar-refractivity contribution < 1.29 is 27.2 Å². The molecular formula is C12H18ClNO6S. The number of halogens is 1. The number of aromatic hydroxyl groups is 1. The molecule has 120 valence electrons. The molecule has 0 heterocycles. The lowest BCUT2D eigenvalue weighted by molar-refractivity contribution is -0.109. The maximum atomic E-state index is 11.2. The molecule has 0 aromatic heterocycles. The Morgan fingerprint density at radius 2 is 2.10 bits per heavy atom. The van der Waals surface area contributed by atoms with Crippen LogP contribution in [0.1, 0.15) is 25.0 Å². The zero-order valence-electron chi connectivity index (χ0n) is 11.7. The van der Waals surface area contributed by atoms with Gasteiger partial charge < -0.3 is 14.6 Å². The van der Waals surface area contributed by atoms with Gasteiger partial charge in [-0.25, -0.2) is 5.14 Å². The minimum Gasteiger partial charge on any atom is -0.508 e. The second-order valence-electron chi connectivity index (χ2n) is 4.20. The number of hydrogen-bond acceptors (Lipinski definition) is 6. The minimum absolute atomic E-state index is 0.139. The van der Waals surface area contributed by atoms with Crippen LogP contribution >= 0.6 is 11.6 Å². The molecule has 0 aliphatic heterocycles. The smallest absolute Gasteiger partial charge is 0.333 e. The molecule has 1 aromatic carbocycles. The monoisotopic (exact) mass is 339 g/mol. The standard InChI is InChI=1S/C12H18ClNO6S/c1-3-10(20-21(14,16)17)12(19-7-18-2)11-8(13)5-4-6-9(11)15/h4-6,10,12,15H,3,7H2,1-2H3,(H2,14,16,17). The van der Waals surface area contributed by atoms with Gasteiger partial charge in [0.25, 0.3) is 0 Å². The van der Waals surface area contributed by atoms with Crippen molar-refractivity contribution in [3.8, 4) is 5.75 Å². The zero-order valence-corrected chi connectivity index (χ0v) is 13.2. The van der Waals surface area contributed by atoms with Gasteiger partial charge in [0.15, 0.2) is 0 Å². The number of phenolic OH excluding ortho intramolecular Hbond substituents is 1. The normalized spacial score (nSPS) is 14.9. The molecule has 0 radical (unpaired) electrons. The molecular weight excluding hydrogens is 322 g/mol. The number of ether oxygens (including phenoxy) is 2. The molecule has 0 aliphatic carbocycles. The van der Waals surface area contributed by atoms with Gasteiger partial charge in [-0.2, -0.15) is 8.42 Å². The molecule has 7 nitrogen and oxygen atoms in total. The van der Waals surface area contributed by atoms with Crippen molar-refractivity contribution in [3.05, 3.63) is 28.8 Å². The summed E-state index contributed by atoms with van der Waals surface area (Å²) in [7, 11) is -2.78. The number of phenols is 1. The predicted molar refractivity (Wildman–Crippen MR) is 77.1 cm³/mol. The third kappa shape index (κ3) is 5.42. The topological polar surface area (TPSA) is 108 Å². The molecule has 1 aromatic rings. The molecule has 0 saturated heterocycles. The summed E-state index contributed by atoms with van der Waals surface area (Å²) in [5.41, 5.74) is 0.215. The highest BCUT2D eigenvalue weighted by molar-refractivity contribution is 7.84. The van der Waals surface area contributed by atoms with Crippen molar-refractivity contribution in [1.29, 1.82) is 0 Å². The largest absolute Gasteiger partial charge is 0.508 e. The van der Waals surface area contributed by atoms with Crippen molar-refractivity contribution in [2.24, 2.45) is 5.14 Å². The van der Waals surface area contributed by atoms with E-state index in [4.69, 9.17) is 30.4 Å². The molecule has 0 amide bonds. The summed E-state index contributed by atoms with van der Waals surface area (Å²) in [6, 6.07) is 4.51. The van der Waals surface area contributed by atoms with E-state index in [9.17, 15) is 13.5 Å². The number of benzene rings is 1. The molecule has 0 spiro atoms. The molecule has 9 heteroatoms. The fourth-order valence-electron chi connectivity index (χ4n) is 1.83. The van der Waals surface area contributed by atoms with Gasteiger partial charge in [0.1, 0.15) is 24.8 Å². The van der Waals surface area contributed by atoms with Crippen molar-refractivity contribution in [3.63, 3.8) is 0 Å². The average Bonchev–Trinajstić information content (AvgIpc) is 2.38. The van der Waals surface area contributed by atoms with E-state index in [1.165, 1.54) is 13.2 Å². The van der Waals surface area contributed by atoms with Crippen molar-refractivity contribution in [1.82, 2.24) is 0 Å². The van der Waals surface area contributed by atoms with Crippen LogP contribution in [-0.2, 0) is 24.0 Å². The lowest BCUT2D eigenvalue weighted by atomic mass is 10.0. The van der Waals surface area contributed by atoms with E-state index in [2.05, 4.69) is 0 Å². The Balaban J connectivity index is 3.20. The summed E-state index contributed by atoms with van der Waals surface area (Å²) in [5, 5.41) is 15.1. The molecule has 0 saturated carbocycles. The molecule has 0 fully saturated rings. The van der Waals surface area contributed by atoms with E-state index in [1.807, 2.05) is 0 Å². The zero-order chi connectivity index (χ0) is 16.0. The highest BCUT2D eigenvalue weighted by Gasteiger charge is 2.31. The van der Waals surface area contributed by atoms with Gasteiger partial charge in [0, 0.05) is 12.7 Å². The van der Waals surface area contributed by atoms with E-state index >= 15 is 0 Å². The van der Waals surface area contributed by atoms with Crippen molar-refractivity contribution in [2.75, 3.05) is 13.9 Å². The molecule has 3 N–H and O–H groups in total. The molecule has 1 rings (SSSR count). The maximum absolute atomic E-state index is 11.2. The van der Waals surface area contributed by atoms with Gasteiger partial charge >= 0.3 is 10.3 Å². The van der Waals surface area contributed by atoms with Gasteiger partial charge in [-0.1, -0.05) is 24.6 Å². The van der Waals surface area contributed by atoms with Crippen LogP contribution in [0.25, 0.3) is 0 Å². The Labute approximate surface area is 128 Å². The molecule has 0 aliphatic rings. The number of hydrogen-bond donors (Lipinski definition) is 2. The summed E-state index contributed by atoms with van der Waals surface area (Å²) in [6.45, 7) is 1.55. The summed E-state index contributed by atoms with van der Waals surface area (Å²) in [4.78, 5) is 0. The third-order valence-corrected chi connectivity index (χ3v) is 3.52. The predicted octanol–water partition coefficient (Wildman–Crippen LogP) is 1.71. The van der Waals surface area contributed by atoms with E-state index in [1.54, 1.807) is 19.1 Å². The Bertz CT molecular complexity index is 545. The van der Waals surface area contributed by atoms with Crippen LogP contribution in [-0.4, -0.2) is 33.5 Å². The Kier molecular flexibility index (Phi) is 6.85. The van der Waals surface area contributed by atoms with Crippen LogP contribution < -0.4 is 5.14 Å². The lowest BCUT2D eigenvalue weighted by Gasteiger charge is -2.26. The molecule has 2 atom stereocenters.